The van der Waals surface area contributed by atoms with E-state index in [2.05, 4.69) is 6.92 Å². The lowest BCUT2D eigenvalue weighted by molar-refractivity contribution is -0.111. The topological polar surface area (TPSA) is 17.1 Å². The Morgan fingerprint density at radius 3 is 1.79 bits per heavy atom. The largest absolute Gasteiger partial charge is 0.281 e. The van der Waals surface area contributed by atoms with Gasteiger partial charge in [-0.05, 0) is 18.0 Å². The molecule has 0 aliphatic rings. The predicted molar refractivity (Wildman–Crippen MR) is 60.6 cm³/mol. The van der Waals surface area contributed by atoms with Gasteiger partial charge in [0.2, 0.25) is 5.24 Å². The van der Waals surface area contributed by atoms with Gasteiger partial charge >= 0.3 is 0 Å². The van der Waals surface area contributed by atoms with Gasteiger partial charge in [-0.15, -0.1) is 0 Å². The van der Waals surface area contributed by atoms with Gasteiger partial charge < -0.3 is 0 Å². The first-order chi connectivity index (χ1) is 6.27. The highest BCUT2D eigenvalue weighted by Crippen LogP contribution is 2.09. The van der Waals surface area contributed by atoms with Crippen LogP contribution in [0.1, 0.15) is 64.7 Å². The normalized spacial score (nSPS) is 9.57. The molecular weight excluding hydrogens is 203 g/mol. The summed E-state index contributed by atoms with van der Waals surface area (Å²) in [4.78, 5) is 10.4. The molecule has 0 atom stereocenters. The van der Waals surface area contributed by atoms with Gasteiger partial charge in [-0.25, -0.2) is 0 Å². The van der Waals surface area contributed by atoms with Crippen LogP contribution >= 0.6 is 11.6 Å². The highest BCUT2D eigenvalue weighted by atomic mass is 35.5. The summed E-state index contributed by atoms with van der Waals surface area (Å²) >= 11 is 5.22. The Hall–Kier alpha value is -0.110. The quantitative estimate of drug-likeness (QED) is 0.418. The molecule has 1 nitrogen and oxygen atoms in total. The van der Waals surface area contributed by atoms with Crippen molar-refractivity contribution in [3.8, 4) is 0 Å². The van der Waals surface area contributed by atoms with Gasteiger partial charge in [-0.1, -0.05) is 51.9 Å². The molecule has 0 spiro atoms. The average Bonchev–Trinajstić information content (AvgIpc) is 2.09. The molecule has 0 aromatic rings. The predicted octanol–water partition coefficient (Wildman–Crippen LogP) is 4.44. The van der Waals surface area contributed by atoms with Gasteiger partial charge in [0.1, 0.15) is 0 Å². The third-order valence-corrected chi connectivity index (χ3v) is 2.42. The molecular formula is C11H22ClFO. The van der Waals surface area contributed by atoms with E-state index in [9.17, 15) is 4.79 Å². The summed E-state index contributed by atoms with van der Waals surface area (Å²) in [5, 5.41) is -0.189. The second kappa shape index (κ2) is 12.9. The van der Waals surface area contributed by atoms with E-state index in [4.69, 9.17) is 11.6 Å². The molecule has 0 aromatic heterocycles. The smallest absolute Gasteiger partial charge is 0.221 e. The van der Waals surface area contributed by atoms with Crippen molar-refractivity contribution in [2.24, 2.45) is 0 Å². The summed E-state index contributed by atoms with van der Waals surface area (Å²) in [6, 6.07) is 0. The molecule has 0 aliphatic heterocycles. The molecule has 0 aliphatic carbocycles. The van der Waals surface area contributed by atoms with Crippen molar-refractivity contribution in [1.82, 2.24) is 0 Å². The Labute approximate surface area is 91.6 Å². The molecule has 0 N–H and O–H groups in total. The number of carbonyl (C=O) groups is 1. The van der Waals surface area contributed by atoms with E-state index in [0.29, 0.717) is 6.42 Å². The van der Waals surface area contributed by atoms with Gasteiger partial charge in [0.25, 0.3) is 0 Å². The van der Waals surface area contributed by atoms with E-state index in [1.54, 1.807) is 0 Å². The summed E-state index contributed by atoms with van der Waals surface area (Å²) in [7, 11) is 0. The van der Waals surface area contributed by atoms with Crippen LogP contribution in [0.15, 0.2) is 0 Å². The summed E-state index contributed by atoms with van der Waals surface area (Å²) in [6.45, 7) is 2.23. The SMILES string of the molecule is CCCCCCCCCCC(=O)Cl.F. The molecule has 0 saturated heterocycles. The van der Waals surface area contributed by atoms with Crippen molar-refractivity contribution < 1.29 is 9.50 Å². The standard InChI is InChI=1S/C11H21ClO.FH/c1-2-3-4-5-6-7-8-9-10-11(12)13;/h2-10H2,1H3;1H. The summed E-state index contributed by atoms with van der Waals surface area (Å²) in [5.41, 5.74) is 0. The molecule has 0 bridgehead atoms. The third-order valence-electron chi connectivity index (χ3n) is 2.23. The average molecular weight is 225 g/mol. The molecule has 0 fully saturated rings. The summed E-state index contributed by atoms with van der Waals surface area (Å²) in [5.74, 6) is 0. The van der Waals surface area contributed by atoms with E-state index in [0.717, 1.165) is 12.8 Å². The summed E-state index contributed by atoms with van der Waals surface area (Å²) < 4.78 is 0. The molecule has 0 rings (SSSR count). The fourth-order valence-electron chi connectivity index (χ4n) is 1.40. The zero-order chi connectivity index (χ0) is 9.94. The third kappa shape index (κ3) is 14.4. The number of carbonyl (C=O) groups excluding carboxylic acids is 1. The zero-order valence-electron chi connectivity index (χ0n) is 9.06. The second-order valence-corrected chi connectivity index (χ2v) is 4.00. The van der Waals surface area contributed by atoms with E-state index in [1.165, 1.54) is 38.5 Å². The van der Waals surface area contributed by atoms with Crippen molar-refractivity contribution in [2.45, 2.75) is 64.7 Å². The van der Waals surface area contributed by atoms with Crippen LogP contribution in [0.4, 0.5) is 4.70 Å². The first kappa shape index (κ1) is 16.3. The highest BCUT2D eigenvalue weighted by Gasteiger charge is 1.95. The zero-order valence-corrected chi connectivity index (χ0v) is 9.81. The minimum Gasteiger partial charge on any atom is -0.281 e. The molecule has 86 valence electrons. The lowest BCUT2D eigenvalue weighted by atomic mass is 10.1. The van der Waals surface area contributed by atoms with Gasteiger partial charge in [0.15, 0.2) is 0 Å². The number of rotatable bonds is 9. The molecule has 14 heavy (non-hydrogen) atoms. The number of unbranched alkanes of at least 4 members (excludes halogenated alkanes) is 7. The fraction of sp³-hybridized carbons (Fsp3) is 0.909. The van der Waals surface area contributed by atoms with Crippen LogP contribution in [0.2, 0.25) is 0 Å². The lowest BCUT2D eigenvalue weighted by Crippen LogP contribution is -1.86. The molecule has 0 aromatic carbocycles. The molecule has 0 amide bonds. The molecule has 0 radical (unpaired) electrons. The Morgan fingerprint density at radius 1 is 0.929 bits per heavy atom. The maximum absolute atomic E-state index is 10.4. The van der Waals surface area contributed by atoms with Crippen molar-refractivity contribution in [1.29, 1.82) is 0 Å². The Balaban J connectivity index is 0. The number of hydrogen-bond donors (Lipinski definition) is 0. The van der Waals surface area contributed by atoms with E-state index in [1.807, 2.05) is 0 Å². The van der Waals surface area contributed by atoms with Crippen LogP contribution in [-0.4, -0.2) is 5.24 Å². The van der Waals surface area contributed by atoms with Crippen LogP contribution in [0.3, 0.4) is 0 Å². The van der Waals surface area contributed by atoms with Crippen molar-refractivity contribution in [3.63, 3.8) is 0 Å². The van der Waals surface area contributed by atoms with E-state index in [-0.39, 0.29) is 9.95 Å². The minimum absolute atomic E-state index is 0. The Morgan fingerprint density at radius 2 is 1.36 bits per heavy atom. The summed E-state index contributed by atoms with van der Waals surface area (Å²) in [6.07, 6.45) is 10.6. The Bertz CT molecular complexity index is 128. The minimum atomic E-state index is -0.189. The molecule has 0 saturated carbocycles. The van der Waals surface area contributed by atoms with Gasteiger partial charge in [-0.2, -0.15) is 0 Å². The van der Waals surface area contributed by atoms with Crippen LogP contribution < -0.4 is 0 Å². The second-order valence-electron chi connectivity index (χ2n) is 3.58. The highest BCUT2D eigenvalue weighted by molar-refractivity contribution is 6.63. The first-order valence-electron chi connectivity index (χ1n) is 5.45. The molecule has 3 heteroatoms. The van der Waals surface area contributed by atoms with Crippen molar-refractivity contribution in [2.75, 3.05) is 0 Å². The Kier molecular flexibility index (Phi) is 15.0. The monoisotopic (exact) mass is 224 g/mol. The van der Waals surface area contributed by atoms with Gasteiger partial charge in [0, 0.05) is 6.42 Å². The van der Waals surface area contributed by atoms with Crippen LogP contribution in [-0.2, 0) is 4.79 Å². The van der Waals surface area contributed by atoms with Crippen LogP contribution in [0.5, 0.6) is 0 Å². The number of hydrogen-bond acceptors (Lipinski definition) is 1. The number of halogens is 2. The van der Waals surface area contributed by atoms with Crippen molar-refractivity contribution >= 4 is 16.8 Å². The van der Waals surface area contributed by atoms with Crippen molar-refractivity contribution in [3.05, 3.63) is 0 Å². The van der Waals surface area contributed by atoms with Gasteiger partial charge in [-0.3, -0.25) is 9.50 Å². The fourth-order valence-corrected chi connectivity index (χ4v) is 1.53. The molecule has 0 unspecified atom stereocenters. The lowest BCUT2D eigenvalue weighted by Gasteiger charge is -1.99. The van der Waals surface area contributed by atoms with Gasteiger partial charge in [0.05, 0.1) is 0 Å². The van der Waals surface area contributed by atoms with E-state index < -0.39 is 0 Å². The maximum atomic E-state index is 10.4. The molecule has 0 heterocycles. The van der Waals surface area contributed by atoms with E-state index >= 15 is 0 Å². The van der Waals surface area contributed by atoms with Crippen LogP contribution in [0.25, 0.3) is 0 Å². The van der Waals surface area contributed by atoms with Crippen LogP contribution in [0, 0.1) is 0 Å². The first-order valence-corrected chi connectivity index (χ1v) is 5.83. The maximum Gasteiger partial charge on any atom is 0.221 e.